The first-order chi connectivity index (χ1) is 12.6. The molecule has 1 saturated heterocycles. The lowest BCUT2D eigenvalue weighted by Crippen LogP contribution is -3.13. The Kier molecular flexibility index (Phi) is 5.58. The van der Waals surface area contributed by atoms with Gasteiger partial charge in [-0.2, -0.15) is 0 Å². The molecule has 138 valence electrons. The van der Waals surface area contributed by atoms with Crippen molar-refractivity contribution < 1.29 is 19.3 Å². The largest absolute Gasteiger partial charge is 0.493 e. The number of nitro groups is 1. The average molecular weight is 358 g/mol. The summed E-state index contributed by atoms with van der Waals surface area (Å²) < 4.78 is 10.7. The van der Waals surface area contributed by atoms with Crippen LogP contribution in [0.1, 0.15) is 5.56 Å². The van der Waals surface area contributed by atoms with Crippen LogP contribution in [0.25, 0.3) is 0 Å². The third kappa shape index (κ3) is 4.05. The van der Waals surface area contributed by atoms with Crippen molar-refractivity contribution in [1.82, 2.24) is 0 Å². The molecule has 0 saturated carbocycles. The number of hydrogen-bond acceptors (Lipinski definition) is 5. The molecular weight excluding hydrogens is 334 g/mol. The molecule has 3 rings (SSSR count). The minimum Gasteiger partial charge on any atom is -0.493 e. The number of anilines is 1. The van der Waals surface area contributed by atoms with Gasteiger partial charge in [0.25, 0.3) is 5.69 Å². The molecule has 0 amide bonds. The summed E-state index contributed by atoms with van der Waals surface area (Å²) in [6.45, 7) is 4.84. The van der Waals surface area contributed by atoms with Crippen molar-refractivity contribution >= 4 is 11.4 Å². The Morgan fingerprint density at radius 2 is 1.69 bits per heavy atom. The Morgan fingerprint density at radius 1 is 1.04 bits per heavy atom. The molecule has 0 aliphatic carbocycles. The second-order valence-electron chi connectivity index (χ2n) is 6.38. The van der Waals surface area contributed by atoms with Gasteiger partial charge in [0.05, 0.1) is 45.3 Å². The van der Waals surface area contributed by atoms with Crippen LogP contribution in [0.15, 0.2) is 42.5 Å². The standard InChI is InChI=1S/C19H23N3O4/c1-25-18-8-3-15(13-19(18)26-2)14-20-9-11-21(12-10-20)16-4-6-17(7-5-16)22(23)24/h3-8,13H,9-12,14H2,1-2H3/p+1. The molecular formula is C19H24N3O4+. The fourth-order valence-corrected chi connectivity index (χ4v) is 3.32. The van der Waals surface area contributed by atoms with Crippen molar-refractivity contribution in [1.29, 1.82) is 0 Å². The van der Waals surface area contributed by atoms with Crippen molar-refractivity contribution in [2.24, 2.45) is 0 Å². The van der Waals surface area contributed by atoms with E-state index in [0.29, 0.717) is 0 Å². The fraction of sp³-hybridized carbons (Fsp3) is 0.368. The van der Waals surface area contributed by atoms with E-state index in [0.717, 1.165) is 49.9 Å². The summed E-state index contributed by atoms with van der Waals surface area (Å²) in [5.74, 6) is 1.50. The fourth-order valence-electron chi connectivity index (χ4n) is 3.32. The molecule has 0 spiro atoms. The lowest BCUT2D eigenvalue weighted by molar-refractivity contribution is -0.914. The van der Waals surface area contributed by atoms with Gasteiger partial charge in [0.1, 0.15) is 6.54 Å². The molecule has 1 aliphatic rings. The molecule has 2 aromatic rings. The summed E-state index contributed by atoms with van der Waals surface area (Å²) in [6, 6.07) is 12.9. The Hall–Kier alpha value is -2.80. The Bertz CT molecular complexity index is 756. The molecule has 2 aromatic carbocycles. The van der Waals surface area contributed by atoms with Crippen LogP contribution in [0.2, 0.25) is 0 Å². The number of ether oxygens (including phenoxy) is 2. The van der Waals surface area contributed by atoms with E-state index in [9.17, 15) is 10.1 Å². The Balaban J connectivity index is 1.57. The molecule has 0 radical (unpaired) electrons. The maximum absolute atomic E-state index is 10.8. The molecule has 0 atom stereocenters. The average Bonchev–Trinajstić information content (AvgIpc) is 2.68. The molecule has 7 heteroatoms. The van der Waals surface area contributed by atoms with Gasteiger partial charge < -0.3 is 19.3 Å². The minimum absolute atomic E-state index is 0.131. The summed E-state index contributed by atoms with van der Waals surface area (Å²) in [7, 11) is 3.29. The predicted molar refractivity (Wildman–Crippen MR) is 99.3 cm³/mol. The third-order valence-electron chi connectivity index (χ3n) is 4.80. The van der Waals surface area contributed by atoms with Gasteiger partial charge >= 0.3 is 0 Å². The van der Waals surface area contributed by atoms with Gasteiger partial charge in [-0.05, 0) is 30.3 Å². The lowest BCUT2D eigenvalue weighted by Gasteiger charge is -2.33. The van der Waals surface area contributed by atoms with Crippen LogP contribution >= 0.6 is 0 Å². The van der Waals surface area contributed by atoms with Gasteiger partial charge in [0.2, 0.25) is 0 Å². The monoisotopic (exact) mass is 358 g/mol. The number of rotatable bonds is 6. The van der Waals surface area contributed by atoms with Crippen molar-refractivity contribution in [3.8, 4) is 11.5 Å². The van der Waals surface area contributed by atoms with Gasteiger partial charge in [0, 0.05) is 23.4 Å². The van der Waals surface area contributed by atoms with Crippen LogP contribution in [0.5, 0.6) is 11.5 Å². The van der Waals surface area contributed by atoms with Crippen molar-refractivity contribution in [2.75, 3.05) is 45.3 Å². The van der Waals surface area contributed by atoms with E-state index < -0.39 is 0 Å². The van der Waals surface area contributed by atoms with E-state index >= 15 is 0 Å². The highest BCUT2D eigenvalue weighted by Crippen LogP contribution is 2.27. The van der Waals surface area contributed by atoms with E-state index in [2.05, 4.69) is 11.0 Å². The molecule has 1 heterocycles. The number of non-ortho nitro benzene ring substituents is 1. The van der Waals surface area contributed by atoms with Crippen LogP contribution < -0.4 is 19.3 Å². The third-order valence-corrected chi connectivity index (χ3v) is 4.80. The Morgan fingerprint density at radius 3 is 2.27 bits per heavy atom. The van der Waals surface area contributed by atoms with Gasteiger partial charge in [0.15, 0.2) is 11.5 Å². The Labute approximate surface area is 152 Å². The molecule has 1 N–H and O–H groups in total. The summed E-state index contributed by atoms with van der Waals surface area (Å²) in [5.41, 5.74) is 2.40. The first-order valence-electron chi connectivity index (χ1n) is 8.64. The number of nitrogens with zero attached hydrogens (tertiary/aromatic N) is 2. The van der Waals surface area contributed by atoms with Gasteiger partial charge in [-0.15, -0.1) is 0 Å². The SMILES string of the molecule is COc1ccc(C[NH+]2CCN(c3ccc([N+](=O)[O-])cc3)CC2)cc1OC. The zero-order valence-electron chi connectivity index (χ0n) is 15.1. The van der Waals surface area contributed by atoms with Crippen molar-refractivity contribution in [2.45, 2.75) is 6.54 Å². The van der Waals surface area contributed by atoms with Crippen molar-refractivity contribution in [3.05, 3.63) is 58.1 Å². The van der Waals surface area contributed by atoms with E-state index in [1.165, 1.54) is 10.5 Å². The van der Waals surface area contributed by atoms with Gasteiger partial charge in [-0.25, -0.2) is 0 Å². The molecule has 1 fully saturated rings. The maximum atomic E-state index is 10.8. The van der Waals surface area contributed by atoms with Crippen LogP contribution in [0, 0.1) is 10.1 Å². The second-order valence-corrected chi connectivity index (χ2v) is 6.38. The molecule has 7 nitrogen and oxygen atoms in total. The first kappa shape index (κ1) is 18.0. The highest BCUT2D eigenvalue weighted by molar-refractivity contribution is 5.51. The van der Waals surface area contributed by atoms with Crippen LogP contribution in [-0.4, -0.2) is 45.3 Å². The topological polar surface area (TPSA) is 69.3 Å². The van der Waals surface area contributed by atoms with Gasteiger partial charge in [-0.3, -0.25) is 10.1 Å². The maximum Gasteiger partial charge on any atom is 0.269 e. The zero-order valence-corrected chi connectivity index (χ0v) is 15.1. The predicted octanol–water partition coefficient (Wildman–Crippen LogP) is 1.52. The van der Waals surface area contributed by atoms with Gasteiger partial charge in [-0.1, -0.05) is 0 Å². The summed E-state index contributed by atoms with van der Waals surface area (Å²) in [4.78, 5) is 14.2. The number of nitro benzene ring substituents is 1. The second kappa shape index (κ2) is 8.05. The normalized spacial score (nSPS) is 14.9. The zero-order chi connectivity index (χ0) is 18.5. The molecule has 26 heavy (non-hydrogen) atoms. The quantitative estimate of drug-likeness (QED) is 0.626. The molecule has 1 aliphatic heterocycles. The van der Waals surface area contributed by atoms with Crippen LogP contribution in [-0.2, 0) is 6.54 Å². The number of nitrogens with one attached hydrogen (secondary N) is 1. The number of hydrogen-bond donors (Lipinski definition) is 1. The molecule has 0 unspecified atom stereocenters. The first-order valence-corrected chi connectivity index (χ1v) is 8.64. The van der Waals surface area contributed by atoms with E-state index in [1.807, 2.05) is 24.3 Å². The smallest absolute Gasteiger partial charge is 0.269 e. The highest BCUT2D eigenvalue weighted by atomic mass is 16.6. The summed E-state index contributed by atoms with van der Waals surface area (Å²) in [6.07, 6.45) is 0. The minimum atomic E-state index is -0.366. The lowest BCUT2D eigenvalue weighted by atomic mass is 10.1. The number of piperazine rings is 1. The van der Waals surface area contributed by atoms with Crippen molar-refractivity contribution in [3.63, 3.8) is 0 Å². The number of quaternary nitrogens is 1. The highest BCUT2D eigenvalue weighted by Gasteiger charge is 2.21. The van der Waals surface area contributed by atoms with E-state index in [1.54, 1.807) is 26.4 Å². The van der Waals surface area contributed by atoms with Crippen LogP contribution in [0.4, 0.5) is 11.4 Å². The summed E-state index contributed by atoms with van der Waals surface area (Å²) >= 11 is 0. The van der Waals surface area contributed by atoms with E-state index in [-0.39, 0.29) is 10.6 Å². The van der Waals surface area contributed by atoms with E-state index in [4.69, 9.17) is 9.47 Å². The van der Waals surface area contributed by atoms with Crippen LogP contribution in [0.3, 0.4) is 0 Å². The molecule has 0 aromatic heterocycles. The molecule has 0 bridgehead atoms. The summed E-state index contributed by atoms with van der Waals surface area (Å²) in [5, 5.41) is 10.8. The number of benzene rings is 2. The number of methoxy groups -OCH3 is 2.